The summed E-state index contributed by atoms with van der Waals surface area (Å²) < 4.78 is 39.7. The van der Waals surface area contributed by atoms with Gasteiger partial charge >= 0.3 is 0 Å². The smallest absolute Gasteiger partial charge is 0.194 e. The number of hydrogen-bond acceptors (Lipinski definition) is 2. The minimum absolute atomic E-state index is 0.317. The number of hydrogen-bond donors (Lipinski definition) is 0. The topological polar surface area (TPSA) is 25.8 Å². The maximum absolute atomic E-state index is 13.1. The standard InChI is InChI=1S/C12H8BrF3N2/c1-6(10-4-11(13)18-5-17-10)7-2-8(14)12(16)9(15)3-7/h2-6H,1H3. The molecule has 94 valence electrons. The molecule has 2 rings (SSSR count). The fourth-order valence-electron chi connectivity index (χ4n) is 1.58. The predicted molar refractivity (Wildman–Crippen MR) is 63.6 cm³/mol. The molecule has 1 heterocycles. The van der Waals surface area contributed by atoms with Gasteiger partial charge in [-0.25, -0.2) is 23.1 Å². The highest BCUT2D eigenvalue weighted by Crippen LogP contribution is 2.26. The van der Waals surface area contributed by atoms with E-state index in [0.717, 1.165) is 12.1 Å². The molecule has 18 heavy (non-hydrogen) atoms. The monoisotopic (exact) mass is 316 g/mol. The van der Waals surface area contributed by atoms with Crippen molar-refractivity contribution < 1.29 is 13.2 Å². The summed E-state index contributed by atoms with van der Waals surface area (Å²) in [7, 11) is 0. The van der Waals surface area contributed by atoms with Crippen molar-refractivity contribution in [2.45, 2.75) is 12.8 Å². The molecule has 0 aliphatic heterocycles. The zero-order chi connectivity index (χ0) is 13.3. The highest BCUT2D eigenvalue weighted by atomic mass is 79.9. The summed E-state index contributed by atoms with van der Waals surface area (Å²) in [6.45, 7) is 1.72. The molecule has 0 saturated heterocycles. The van der Waals surface area contributed by atoms with Gasteiger partial charge in [0, 0.05) is 5.92 Å². The molecule has 1 aromatic carbocycles. The van der Waals surface area contributed by atoms with Crippen LogP contribution in [-0.4, -0.2) is 9.97 Å². The molecular formula is C12H8BrF3N2. The Hall–Kier alpha value is -1.43. The Labute approximate surface area is 110 Å². The largest absolute Gasteiger partial charge is 0.241 e. The first-order valence-corrected chi connectivity index (χ1v) is 5.90. The zero-order valence-electron chi connectivity index (χ0n) is 9.29. The van der Waals surface area contributed by atoms with Crippen LogP contribution in [0.5, 0.6) is 0 Å². The highest BCUT2D eigenvalue weighted by molar-refractivity contribution is 9.10. The summed E-state index contributed by atoms with van der Waals surface area (Å²) in [6.07, 6.45) is 1.34. The Morgan fingerprint density at radius 2 is 1.67 bits per heavy atom. The average molecular weight is 317 g/mol. The molecule has 0 aliphatic carbocycles. The minimum atomic E-state index is -1.46. The molecule has 1 aromatic heterocycles. The Morgan fingerprint density at radius 1 is 1.06 bits per heavy atom. The summed E-state index contributed by atoms with van der Waals surface area (Å²) >= 11 is 3.18. The molecular weight excluding hydrogens is 309 g/mol. The van der Waals surface area contributed by atoms with Crippen molar-refractivity contribution in [3.05, 3.63) is 57.8 Å². The molecule has 0 aliphatic rings. The minimum Gasteiger partial charge on any atom is -0.241 e. The number of aromatic nitrogens is 2. The molecule has 0 fully saturated rings. The molecule has 2 aromatic rings. The van der Waals surface area contributed by atoms with E-state index in [1.54, 1.807) is 13.0 Å². The normalized spacial score (nSPS) is 12.5. The average Bonchev–Trinajstić information content (AvgIpc) is 2.34. The molecule has 0 spiro atoms. The Balaban J connectivity index is 2.43. The quantitative estimate of drug-likeness (QED) is 0.622. The second-order valence-electron chi connectivity index (χ2n) is 3.79. The lowest BCUT2D eigenvalue weighted by atomic mass is 9.97. The van der Waals surface area contributed by atoms with Crippen molar-refractivity contribution >= 4 is 15.9 Å². The fourth-order valence-corrected chi connectivity index (χ4v) is 1.91. The van der Waals surface area contributed by atoms with Crippen molar-refractivity contribution in [2.24, 2.45) is 0 Å². The Bertz CT molecular complexity index is 566. The first-order chi connectivity index (χ1) is 8.49. The van der Waals surface area contributed by atoms with Crippen LogP contribution >= 0.6 is 15.9 Å². The van der Waals surface area contributed by atoms with Crippen molar-refractivity contribution in [1.82, 2.24) is 9.97 Å². The van der Waals surface area contributed by atoms with Crippen molar-refractivity contribution in [2.75, 3.05) is 0 Å². The summed E-state index contributed by atoms with van der Waals surface area (Å²) in [5, 5.41) is 0. The van der Waals surface area contributed by atoms with Gasteiger partial charge in [-0.05, 0) is 39.7 Å². The lowest BCUT2D eigenvalue weighted by Gasteiger charge is -2.12. The van der Waals surface area contributed by atoms with Gasteiger partial charge in [0.1, 0.15) is 10.9 Å². The highest BCUT2D eigenvalue weighted by Gasteiger charge is 2.16. The first kappa shape index (κ1) is 13.0. The van der Waals surface area contributed by atoms with E-state index in [1.807, 2.05) is 0 Å². The maximum Gasteiger partial charge on any atom is 0.194 e. The molecule has 0 N–H and O–H groups in total. The third-order valence-electron chi connectivity index (χ3n) is 2.60. The maximum atomic E-state index is 13.1. The Kier molecular flexibility index (Phi) is 3.65. The third kappa shape index (κ3) is 2.53. The van der Waals surface area contributed by atoms with Crippen molar-refractivity contribution in [1.29, 1.82) is 0 Å². The van der Waals surface area contributed by atoms with Gasteiger partial charge in [-0.3, -0.25) is 0 Å². The molecule has 1 atom stereocenters. The van der Waals surface area contributed by atoms with E-state index < -0.39 is 17.5 Å². The molecule has 0 amide bonds. The molecule has 0 saturated carbocycles. The molecule has 0 bridgehead atoms. The third-order valence-corrected chi connectivity index (χ3v) is 3.04. The van der Waals surface area contributed by atoms with Crippen molar-refractivity contribution in [3.63, 3.8) is 0 Å². The van der Waals surface area contributed by atoms with Crippen LogP contribution < -0.4 is 0 Å². The van der Waals surface area contributed by atoms with Crippen LogP contribution in [0.1, 0.15) is 24.1 Å². The molecule has 0 radical (unpaired) electrons. The van der Waals surface area contributed by atoms with Gasteiger partial charge in [-0.2, -0.15) is 0 Å². The second kappa shape index (κ2) is 5.06. The van der Waals surface area contributed by atoms with Crippen LogP contribution in [0, 0.1) is 17.5 Å². The number of benzene rings is 1. The Morgan fingerprint density at radius 3 is 2.22 bits per heavy atom. The van der Waals surface area contributed by atoms with E-state index in [0.29, 0.717) is 15.9 Å². The van der Waals surface area contributed by atoms with Crippen LogP contribution in [0.15, 0.2) is 29.1 Å². The van der Waals surface area contributed by atoms with Crippen LogP contribution in [0.2, 0.25) is 0 Å². The van der Waals surface area contributed by atoms with E-state index in [9.17, 15) is 13.2 Å². The molecule has 6 heteroatoms. The van der Waals surface area contributed by atoms with Crippen LogP contribution in [0.4, 0.5) is 13.2 Å². The van der Waals surface area contributed by atoms with Gasteiger partial charge in [0.05, 0.1) is 5.69 Å². The van der Waals surface area contributed by atoms with Crippen LogP contribution in [0.3, 0.4) is 0 Å². The van der Waals surface area contributed by atoms with Gasteiger partial charge in [0.2, 0.25) is 0 Å². The zero-order valence-corrected chi connectivity index (χ0v) is 10.9. The summed E-state index contributed by atoms with van der Waals surface area (Å²) in [6, 6.07) is 3.59. The summed E-state index contributed by atoms with van der Waals surface area (Å²) in [5.41, 5.74) is 0.902. The number of rotatable bonds is 2. The van der Waals surface area contributed by atoms with Gasteiger partial charge in [-0.1, -0.05) is 6.92 Å². The summed E-state index contributed by atoms with van der Waals surface area (Å²) in [4.78, 5) is 7.88. The van der Waals surface area contributed by atoms with E-state index in [-0.39, 0.29) is 5.92 Å². The number of nitrogens with zero attached hydrogens (tertiary/aromatic N) is 2. The van der Waals surface area contributed by atoms with Gasteiger partial charge in [0.25, 0.3) is 0 Å². The lowest BCUT2D eigenvalue weighted by Crippen LogP contribution is -2.03. The van der Waals surface area contributed by atoms with Crippen LogP contribution in [0.25, 0.3) is 0 Å². The predicted octanol–water partition coefficient (Wildman–Crippen LogP) is 3.81. The first-order valence-electron chi connectivity index (χ1n) is 5.11. The summed E-state index contributed by atoms with van der Waals surface area (Å²) in [5.74, 6) is -4.24. The van der Waals surface area contributed by atoms with Crippen LogP contribution in [-0.2, 0) is 0 Å². The van der Waals surface area contributed by atoms with E-state index >= 15 is 0 Å². The van der Waals surface area contributed by atoms with Gasteiger partial charge in [-0.15, -0.1) is 0 Å². The van der Waals surface area contributed by atoms with Gasteiger partial charge in [0.15, 0.2) is 17.5 Å². The SMILES string of the molecule is CC(c1cc(F)c(F)c(F)c1)c1cc(Br)ncn1. The second-order valence-corrected chi connectivity index (χ2v) is 4.60. The van der Waals surface area contributed by atoms with E-state index in [2.05, 4.69) is 25.9 Å². The van der Waals surface area contributed by atoms with E-state index in [4.69, 9.17) is 0 Å². The molecule has 1 unspecified atom stereocenters. The van der Waals surface area contributed by atoms with Gasteiger partial charge < -0.3 is 0 Å². The molecule has 2 nitrogen and oxygen atoms in total. The fraction of sp³-hybridized carbons (Fsp3) is 0.167. The lowest BCUT2D eigenvalue weighted by molar-refractivity contribution is 0.444. The van der Waals surface area contributed by atoms with Crippen molar-refractivity contribution in [3.8, 4) is 0 Å². The van der Waals surface area contributed by atoms with E-state index in [1.165, 1.54) is 6.33 Å². The number of halogens is 4.